The highest BCUT2D eigenvalue weighted by Crippen LogP contribution is 2.28. The summed E-state index contributed by atoms with van der Waals surface area (Å²) in [7, 11) is 0. The molecule has 154 valence electrons. The molecule has 1 aromatic rings. The second-order valence-corrected chi connectivity index (χ2v) is 7.36. The smallest absolute Gasteiger partial charge is 0.418 e. The fourth-order valence-corrected chi connectivity index (χ4v) is 2.75. The molecule has 9 nitrogen and oxygen atoms in total. The van der Waals surface area contributed by atoms with E-state index in [1.54, 1.807) is 19.1 Å². The molecule has 1 heterocycles. The van der Waals surface area contributed by atoms with Crippen LogP contribution in [0.15, 0.2) is 30.4 Å². The number of ether oxygens (including phenoxy) is 1. The Balaban J connectivity index is 2.41. The molecule has 10 heteroatoms. The summed E-state index contributed by atoms with van der Waals surface area (Å²) in [6, 6.07) is 2.79. The summed E-state index contributed by atoms with van der Waals surface area (Å²) in [6.07, 6.45) is -1.10. The Kier molecular flexibility index (Phi) is 6.13. The van der Waals surface area contributed by atoms with E-state index in [2.05, 4.69) is 17.2 Å². The van der Waals surface area contributed by atoms with Gasteiger partial charge in [-0.2, -0.15) is 0 Å². The zero-order chi connectivity index (χ0) is 22.1. The third-order valence-electron chi connectivity index (χ3n) is 4.19. The average molecular weight is 422 g/mol. The van der Waals surface area contributed by atoms with Crippen molar-refractivity contribution in [1.29, 1.82) is 0 Å². The van der Waals surface area contributed by atoms with Crippen LogP contribution in [0.4, 0.5) is 21.0 Å². The molecular weight excluding hydrogens is 402 g/mol. The first-order valence-electron chi connectivity index (χ1n) is 8.49. The first kappa shape index (κ1) is 22.1. The molecule has 1 atom stereocenters. The summed E-state index contributed by atoms with van der Waals surface area (Å²) in [5.74, 6) is -2.57. The maximum absolute atomic E-state index is 12.9. The number of anilines is 2. The highest BCUT2D eigenvalue weighted by atomic mass is 35.5. The summed E-state index contributed by atoms with van der Waals surface area (Å²) in [5, 5.41) is 4.03. The van der Waals surface area contributed by atoms with Gasteiger partial charge in [-0.1, -0.05) is 12.6 Å². The Hall–Kier alpha value is -3.20. The number of cyclic esters (lactones) is 1. The summed E-state index contributed by atoms with van der Waals surface area (Å²) < 4.78 is 4.98. The van der Waals surface area contributed by atoms with Gasteiger partial charge in [0.1, 0.15) is 0 Å². The number of hydrogen-bond acceptors (Lipinski definition) is 6. The number of benzene rings is 1. The van der Waals surface area contributed by atoms with Crippen molar-refractivity contribution in [2.45, 2.75) is 39.3 Å². The summed E-state index contributed by atoms with van der Waals surface area (Å²) in [5.41, 5.74) is -0.382. The van der Waals surface area contributed by atoms with E-state index in [1.165, 1.54) is 26.8 Å². The van der Waals surface area contributed by atoms with Gasteiger partial charge in [-0.25, -0.2) is 9.69 Å². The van der Waals surface area contributed by atoms with Gasteiger partial charge < -0.3 is 15.4 Å². The van der Waals surface area contributed by atoms with Gasteiger partial charge in [-0.3, -0.25) is 19.2 Å². The topological polar surface area (TPSA) is 122 Å². The van der Waals surface area contributed by atoms with Gasteiger partial charge in [0, 0.05) is 11.4 Å². The molecule has 1 fully saturated rings. The van der Waals surface area contributed by atoms with E-state index in [4.69, 9.17) is 16.3 Å². The molecule has 1 saturated heterocycles. The number of nitrogens with one attached hydrogen (secondary N) is 2. The highest BCUT2D eigenvalue weighted by molar-refractivity contribution is 6.65. The quantitative estimate of drug-likeness (QED) is 0.315. The third kappa shape index (κ3) is 4.62. The first-order chi connectivity index (χ1) is 13.3. The van der Waals surface area contributed by atoms with Crippen LogP contribution in [0.2, 0.25) is 0 Å². The summed E-state index contributed by atoms with van der Waals surface area (Å²) >= 11 is 5.29. The van der Waals surface area contributed by atoms with Crippen LogP contribution in [0.25, 0.3) is 0 Å². The van der Waals surface area contributed by atoms with Crippen LogP contribution in [0.1, 0.15) is 26.3 Å². The van der Waals surface area contributed by atoms with Gasteiger partial charge in [-0.15, -0.1) is 0 Å². The lowest BCUT2D eigenvalue weighted by atomic mass is 10.0. The lowest BCUT2D eigenvalue weighted by molar-refractivity contribution is -0.142. The molecule has 0 saturated carbocycles. The van der Waals surface area contributed by atoms with Gasteiger partial charge in [0.15, 0.2) is 17.4 Å². The predicted molar refractivity (Wildman–Crippen MR) is 106 cm³/mol. The van der Waals surface area contributed by atoms with Crippen molar-refractivity contribution in [3.63, 3.8) is 0 Å². The summed E-state index contributed by atoms with van der Waals surface area (Å²) in [4.78, 5) is 61.9. The molecule has 2 N–H and O–H groups in total. The number of carbonyl (C=O) groups excluding carboxylic acids is 5. The molecule has 2 rings (SSSR count). The lowest BCUT2D eigenvalue weighted by Gasteiger charge is -2.23. The fourth-order valence-electron chi connectivity index (χ4n) is 2.64. The zero-order valence-corrected chi connectivity index (χ0v) is 17.0. The van der Waals surface area contributed by atoms with E-state index < -0.39 is 40.7 Å². The number of halogens is 1. The van der Waals surface area contributed by atoms with Crippen molar-refractivity contribution in [3.8, 4) is 0 Å². The number of Topliss-reactive ketones (excluding diaryl/α,β-unsaturated/α-hetero) is 1. The molecule has 1 aliphatic rings. The molecular formula is C19H20ClN3O6. The van der Waals surface area contributed by atoms with E-state index in [9.17, 15) is 24.0 Å². The predicted octanol–water partition coefficient (Wildman–Crippen LogP) is 2.98. The minimum absolute atomic E-state index is 0.0182. The van der Waals surface area contributed by atoms with E-state index in [0.717, 1.165) is 0 Å². The average Bonchev–Trinajstić information content (AvgIpc) is 2.79. The minimum atomic E-state index is -1.79. The minimum Gasteiger partial charge on any atom is -0.433 e. The summed E-state index contributed by atoms with van der Waals surface area (Å²) in [6.45, 7) is 9.26. The number of nitrogens with zero attached hydrogens (tertiary/aromatic N) is 1. The van der Waals surface area contributed by atoms with Crippen LogP contribution in [-0.2, 0) is 19.1 Å². The van der Waals surface area contributed by atoms with Crippen molar-refractivity contribution in [1.82, 2.24) is 4.90 Å². The Bertz CT molecular complexity index is 940. The van der Waals surface area contributed by atoms with Crippen LogP contribution in [0.3, 0.4) is 0 Å². The number of carbonyl (C=O) groups is 5. The van der Waals surface area contributed by atoms with E-state index in [1.807, 2.05) is 0 Å². The molecule has 0 bridgehead atoms. The number of amides is 4. The normalized spacial score (nSPS) is 16.1. The maximum atomic E-state index is 12.9. The molecule has 0 aromatic heterocycles. The molecule has 1 aromatic carbocycles. The van der Waals surface area contributed by atoms with Crippen LogP contribution in [0, 0.1) is 6.92 Å². The zero-order valence-electron chi connectivity index (χ0n) is 16.3. The van der Waals surface area contributed by atoms with E-state index in [-0.39, 0.29) is 11.3 Å². The SMILES string of the molecule is C=C(C)C(=O)C(C(=O)Nc1cc(NC(=O)Cl)ccc1C)N1C(=O)OC(C)(C)C1=O. The van der Waals surface area contributed by atoms with E-state index in [0.29, 0.717) is 16.2 Å². The molecule has 1 aliphatic heterocycles. The standard InChI is InChI=1S/C19H20ClN3O6/c1-9(2)14(24)13(23-16(26)19(4,5)29-18(23)28)15(25)22-12-8-11(21-17(20)27)7-6-10(12)3/h6-8,13H,1H2,2-5H3,(H,21,27)(H,22,25). The lowest BCUT2D eigenvalue weighted by Crippen LogP contribution is -2.53. The Morgan fingerprint density at radius 2 is 1.83 bits per heavy atom. The molecule has 1 unspecified atom stereocenters. The van der Waals surface area contributed by atoms with Gasteiger partial charge in [0.05, 0.1) is 0 Å². The van der Waals surface area contributed by atoms with E-state index >= 15 is 0 Å². The van der Waals surface area contributed by atoms with Crippen LogP contribution in [-0.4, -0.2) is 45.6 Å². The Labute approximate surface area is 172 Å². The van der Waals surface area contributed by atoms with Crippen LogP contribution >= 0.6 is 11.6 Å². The van der Waals surface area contributed by atoms with Crippen LogP contribution < -0.4 is 10.6 Å². The highest BCUT2D eigenvalue weighted by Gasteiger charge is 2.53. The van der Waals surface area contributed by atoms with Gasteiger partial charge in [-0.05, 0) is 62.6 Å². The van der Waals surface area contributed by atoms with Crippen molar-refractivity contribution in [3.05, 3.63) is 35.9 Å². The third-order valence-corrected chi connectivity index (χ3v) is 4.28. The first-order valence-corrected chi connectivity index (χ1v) is 8.87. The molecule has 0 aliphatic carbocycles. The maximum Gasteiger partial charge on any atom is 0.418 e. The Morgan fingerprint density at radius 3 is 2.31 bits per heavy atom. The van der Waals surface area contributed by atoms with Gasteiger partial charge >= 0.3 is 11.5 Å². The fraction of sp³-hybridized carbons (Fsp3) is 0.316. The number of hydrogen-bond donors (Lipinski definition) is 2. The molecule has 4 amide bonds. The second-order valence-electron chi connectivity index (χ2n) is 7.02. The van der Waals surface area contributed by atoms with Crippen molar-refractivity contribution in [2.75, 3.05) is 10.6 Å². The van der Waals surface area contributed by atoms with Crippen LogP contribution in [0.5, 0.6) is 0 Å². The number of rotatable bonds is 6. The number of ketones is 1. The number of aryl methyl sites for hydroxylation is 1. The van der Waals surface area contributed by atoms with Gasteiger partial charge in [0.25, 0.3) is 11.8 Å². The van der Waals surface area contributed by atoms with Crippen molar-refractivity contribution < 1.29 is 28.7 Å². The monoisotopic (exact) mass is 421 g/mol. The molecule has 0 radical (unpaired) electrons. The largest absolute Gasteiger partial charge is 0.433 e. The Morgan fingerprint density at radius 1 is 1.21 bits per heavy atom. The number of imide groups is 1. The van der Waals surface area contributed by atoms with Gasteiger partial charge in [0.2, 0.25) is 0 Å². The van der Waals surface area contributed by atoms with Crippen molar-refractivity contribution in [2.24, 2.45) is 0 Å². The van der Waals surface area contributed by atoms with Crippen molar-refractivity contribution >= 4 is 52.0 Å². The molecule has 29 heavy (non-hydrogen) atoms. The second kappa shape index (κ2) is 8.04. The molecule has 0 spiro atoms.